The van der Waals surface area contributed by atoms with E-state index in [9.17, 15) is 5.11 Å². The van der Waals surface area contributed by atoms with Crippen LogP contribution in [0.15, 0.2) is 35.7 Å². The largest absolute Gasteiger partial charge is 0.384 e. The van der Waals surface area contributed by atoms with E-state index in [-0.39, 0.29) is 0 Å². The van der Waals surface area contributed by atoms with Gasteiger partial charge in [-0.1, -0.05) is 30.3 Å². The summed E-state index contributed by atoms with van der Waals surface area (Å²) in [6, 6.07) is 9.97. The Morgan fingerprint density at radius 2 is 2.15 bits per heavy atom. The normalized spacial score (nSPS) is 16.3. The molecule has 1 fully saturated rings. The number of benzene rings is 1. The van der Waals surface area contributed by atoms with Gasteiger partial charge in [0.25, 0.3) is 0 Å². The third-order valence-electron chi connectivity index (χ3n) is 3.25. The maximum Gasteiger partial charge on any atom is 0.183 e. The Morgan fingerprint density at radius 1 is 1.40 bits per heavy atom. The van der Waals surface area contributed by atoms with Crippen LogP contribution in [0.5, 0.6) is 0 Å². The Balaban J connectivity index is 1.60. The topological polar surface area (TPSA) is 72.2 Å². The van der Waals surface area contributed by atoms with Crippen LogP contribution in [0, 0.1) is 11.5 Å². The summed E-state index contributed by atoms with van der Waals surface area (Å²) in [4.78, 5) is 6.03. The highest BCUT2D eigenvalue weighted by molar-refractivity contribution is 7.14. The number of nitriles is 1. The summed E-state index contributed by atoms with van der Waals surface area (Å²) in [6.07, 6.45) is 2.01. The van der Waals surface area contributed by atoms with Gasteiger partial charge in [-0.2, -0.15) is 5.26 Å². The molecular weight excluding hydrogens is 272 g/mol. The third-order valence-corrected chi connectivity index (χ3v) is 4.05. The molecule has 5 nitrogen and oxygen atoms in total. The zero-order valence-corrected chi connectivity index (χ0v) is 11.6. The first-order chi connectivity index (χ1) is 9.68. The monoisotopic (exact) mass is 286 g/mol. The molecule has 0 spiro atoms. The van der Waals surface area contributed by atoms with E-state index in [1.54, 1.807) is 0 Å². The van der Waals surface area contributed by atoms with E-state index in [0.29, 0.717) is 19.6 Å². The average Bonchev–Trinajstić information content (AvgIpc) is 2.92. The lowest BCUT2D eigenvalue weighted by Crippen LogP contribution is -2.63. The fraction of sp³-hybridized carbons (Fsp3) is 0.286. The molecule has 0 aliphatic carbocycles. The summed E-state index contributed by atoms with van der Waals surface area (Å²) in [5.74, 6) is 0. The molecule has 0 atom stereocenters. The standard InChI is InChI=1S/C14H14N4OS/c15-10-18-8-14(19,9-18)7-16-13-17-12(6-20-13)11-4-2-1-3-5-11/h1-6,19H,7-9H2,(H,16,17). The van der Waals surface area contributed by atoms with Crippen LogP contribution in [0.2, 0.25) is 0 Å². The van der Waals surface area contributed by atoms with Gasteiger partial charge in [0, 0.05) is 17.5 Å². The van der Waals surface area contributed by atoms with Crippen molar-refractivity contribution in [3.05, 3.63) is 35.7 Å². The molecule has 1 aliphatic heterocycles. The van der Waals surface area contributed by atoms with E-state index >= 15 is 0 Å². The van der Waals surface area contributed by atoms with Gasteiger partial charge in [0.15, 0.2) is 11.3 Å². The van der Waals surface area contributed by atoms with Crippen molar-refractivity contribution in [2.75, 3.05) is 25.0 Å². The molecule has 3 rings (SSSR count). The van der Waals surface area contributed by atoms with Crippen LogP contribution >= 0.6 is 11.3 Å². The van der Waals surface area contributed by atoms with E-state index in [1.807, 2.05) is 41.9 Å². The molecule has 1 aromatic heterocycles. The van der Waals surface area contributed by atoms with Gasteiger partial charge in [-0.15, -0.1) is 11.3 Å². The molecule has 1 aliphatic rings. The van der Waals surface area contributed by atoms with Crippen molar-refractivity contribution in [1.82, 2.24) is 9.88 Å². The molecule has 2 N–H and O–H groups in total. The van der Waals surface area contributed by atoms with Crippen molar-refractivity contribution in [2.45, 2.75) is 5.60 Å². The van der Waals surface area contributed by atoms with Crippen LogP contribution < -0.4 is 5.32 Å². The van der Waals surface area contributed by atoms with E-state index in [4.69, 9.17) is 5.26 Å². The summed E-state index contributed by atoms with van der Waals surface area (Å²) >= 11 is 1.51. The lowest BCUT2D eigenvalue weighted by molar-refractivity contribution is -0.0605. The molecule has 2 heterocycles. The van der Waals surface area contributed by atoms with E-state index in [1.165, 1.54) is 16.2 Å². The summed E-state index contributed by atoms with van der Waals surface area (Å²) in [7, 11) is 0. The predicted molar refractivity (Wildman–Crippen MR) is 78.2 cm³/mol. The molecule has 1 saturated heterocycles. The zero-order valence-electron chi connectivity index (χ0n) is 10.8. The lowest BCUT2D eigenvalue weighted by atomic mass is 9.95. The number of nitrogens with zero attached hydrogens (tertiary/aromatic N) is 3. The molecule has 6 heteroatoms. The Morgan fingerprint density at radius 3 is 2.85 bits per heavy atom. The maximum absolute atomic E-state index is 10.1. The minimum absolute atomic E-state index is 0.382. The second-order valence-electron chi connectivity index (χ2n) is 4.94. The first-order valence-electron chi connectivity index (χ1n) is 6.30. The van der Waals surface area contributed by atoms with Gasteiger partial charge in [-0.3, -0.25) is 0 Å². The smallest absolute Gasteiger partial charge is 0.183 e. The Hall–Kier alpha value is -2.10. The van der Waals surface area contributed by atoms with Crippen molar-refractivity contribution in [3.8, 4) is 17.5 Å². The SMILES string of the molecule is N#CN1CC(O)(CNc2nc(-c3ccccc3)cs2)C1. The van der Waals surface area contributed by atoms with Crippen molar-refractivity contribution >= 4 is 16.5 Å². The summed E-state index contributed by atoms with van der Waals surface area (Å²) < 4.78 is 0. The molecule has 0 saturated carbocycles. The van der Waals surface area contributed by atoms with Crippen LogP contribution in [0.4, 0.5) is 5.13 Å². The highest BCUT2D eigenvalue weighted by Crippen LogP contribution is 2.26. The highest BCUT2D eigenvalue weighted by atomic mass is 32.1. The zero-order chi connectivity index (χ0) is 14.0. The van der Waals surface area contributed by atoms with Gasteiger partial charge in [-0.05, 0) is 0 Å². The number of hydrogen-bond donors (Lipinski definition) is 2. The predicted octanol–water partition coefficient (Wildman–Crippen LogP) is 1.75. The number of nitrogens with one attached hydrogen (secondary N) is 1. The van der Waals surface area contributed by atoms with Gasteiger partial charge in [-0.25, -0.2) is 4.98 Å². The van der Waals surface area contributed by atoms with Crippen LogP contribution in [0.3, 0.4) is 0 Å². The molecule has 102 valence electrons. The molecule has 0 bridgehead atoms. The third kappa shape index (κ3) is 2.59. The minimum Gasteiger partial charge on any atom is -0.384 e. The molecule has 0 radical (unpaired) electrons. The van der Waals surface area contributed by atoms with Gasteiger partial charge < -0.3 is 15.3 Å². The molecule has 0 unspecified atom stereocenters. The molecule has 0 amide bonds. The van der Waals surface area contributed by atoms with Crippen LogP contribution in [0.25, 0.3) is 11.3 Å². The minimum atomic E-state index is -0.825. The summed E-state index contributed by atoms with van der Waals surface area (Å²) in [5, 5.41) is 24.7. The number of aliphatic hydroxyl groups is 1. The van der Waals surface area contributed by atoms with Gasteiger partial charge in [0.05, 0.1) is 18.8 Å². The van der Waals surface area contributed by atoms with Crippen LogP contribution in [0.1, 0.15) is 0 Å². The van der Waals surface area contributed by atoms with Crippen LogP contribution in [-0.2, 0) is 0 Å². The number of anilines is 1. The first kappa shape index (κ1) is 12.9. The number of aromatic nitrogens is 1. The number of likely N-dealkylation sites (tertiary alicyclic amines) is 1. The maximum atomic E-state index is 10.1. The molecule has 2 aromatic rings. The van der Waals surface area contributed by atoms with Crippen molar-refractivity contribution < 1.29 is 5.11 Å². The van der Waals surface area contributed by atoms with E-state index < -0.39 is 5.60 Å². The lowest BCUT2D eigenvalue weighted by Gasteiger charge is -2.43. The van der Waals surface area contributed by atoms with Crippen LogP contribution in [-0.4, -0.2) is 40.2 Å². The van der Waals surface area contributed by atoms with Gasteiger partial charge in [0.2, 0.25) is 0 Å². The first-order valence-corrected chi connectivity index (χ1v) is 7.18. The Bertz CT molecular complexity index is 628. The van der Waals surface area contributed by atoms with Crippen molar-refractivity contribution in [3.63, 3.8) is 0 Å². The molecular formula is C14H14N4OS. The number of β-amino-alcohol motifs (C(OH)–C–C–N with tert-alkyl or cyclic N) is 1. The Kier molecular flexibility index (Phi) is 3.30. The fourth-order valence-corrected chi connectivity index (χ4v) is 2.90. The number of rotatable bonds is 4. The van der Waals surface area contributed by atoms with Crippen molar-refractivity contribution in [2.24, 2.45) is 0 Å². The fourth-order valence-electron chi connectivity index (χ4n) is 2.18. The molecule has 20 heavy (non-hydrogen) atoms. The van der Waals surface area contributed by atoms with Gasteiger partial charge >= 0.3 is 0 Å². The summed E-state index contributed by atoms with van der Waals surface area (Å²) in [6.45, 7) is 1.17. The van der Waals surface area contributed by atoms with Gasteiger partial charge in [0.1, 0.15) is 5.60 Å². The average molecular weight is 286 g/mol. The number of thiazole rings is 1. The Labute approximate surface area is 121 Å². The quantitative estimate of drug-likeness (QED) is 0.838. The summed E-state index contributed by atoms with van der Waals surface area (Å²) in [5.41, 5.74) is 1.18. The van der Waals surface area contributed by atoms with E-state index in [0.717, 1.165) is 16.4 Å². The van der Waals surface area contributed by atoms with Crippen molar-refractivity contribution in [1.29, 1.82) is 5.26 Å². The number of hydrogen-bond acceptors (Lipinski definition) is 6. The second-order valence-corrected chi connectivity index (χ2v) is 5.80. The highest BCUT2D eigenvalue weighted by Gasteiger charge is 2.40. The van der Waals surface area contributed by atoms with E-state index in [2.05, 4.69) is 10.3 Å². The second kappa shape index (κ2) is 5.12. The molecule has 1 aromatic carbocycles.